The summed E-state index contributed by atoms with van der Waals surface area (Å²) < 4.78 is 0. The molecule has 2 aromatic heterocycles. The van der Waals surface area contributed by atoms with Crippen LogP contribution < -0.4 is 14.8 Å². The largest absolute Gasteiger partial charge is 0.349 e. The molecule has 0 amide bonds. The van der Waals surface area contributed by atoms with Crippen molar-refractivity contribution in [1.82, 2.24) is 4.98 Å². The van der Waals surface area contributed by atoms with Crippen molar-refractivity contribution in [1.29, 1.82) is 0 Å². The van der Waals surface area contributed by atoms with Crippen LogP contribution in [0.2, 0.25) is 0 Å². The van der Waals surface area contributed by atoms with E-state index in [0.29, 0.717) is 0 Å². The van der Waals surface area contributed by atoms with Gasteiger partial charge in [-0.1, -0.05) is 24.3 Å². The van der Waals surface area contributed by atoms with Crippen LogP contribution in [-0.4, -0.2) is 31.2 Å². The highest BCUT2D eigenvalue weighted by molar-refractivity contribution is 5.86. The summed E-state index contributed by atoms with van der Waals surface area (Å²) >= 11 is 0. The second-order valence-electron chi connectivity index (χ2n) is 6.49. The van der Waals surface area contributed by atoms with E-state index in [-0.39, 0.29) is 0 Å². The highest BCUT2D eigenvalue weighted by Gasteiger charge is 2.24. The Bertz CT molecular complexity index is 852. The Morgan fingerprint density at radius 1 is 0.875 bits per heavy atom. The molecule has 4 rings (SSSR count). The molecule has 0 spiro atoms. The monoisotopic (exact) mass is 319 g/mol. The number of piperazine rings is 1. The summed E-state index contributed by atoms with van der Waals surface area (Å²) in [6.45, 7) is 8.32. The number of hydrogen-bond donors (Lipinski definition) is 0. The number of nitrogens with one attached hydrogen (secondary N) is 1. The molecule has 0 saturated carbocycles. The van der Waals surface area contributed by atoms with Crippen molar-refractivity contribution >= 4 is 22.5 Å². The molecule has 24 heavy (non-hydrogen) atoms. The van der Waals surface area contributed by atoms with Crippen molar-refractivity contribution in [3.05, 3.63) is 59.8 Å². The van der Waals surface area contributed by atoms with Gasteiger partial charge in [0.2, 0.25) is 0 Å². The Kier molecular flexibility index (Phi) is 3.81. The number of benzene rings is 1. The summed E-state index contributed by atoms with van der Waals surface area (Å²) in [5, 5.41) is 1.26. The van der Waals surface area contributed by atoms with Gasteiger partial charge in [-0.15, -0.1) is 0 Å². The minimum Gasteiger partial charge on any atom is -0.349 e. The van der Waals surface area contributed by atoms with E-state index < -0.39 is 0 Å². The molecule has 3 aromatic rings. The molecule has 122 valence electrons. The summed E-state index contributed by atoms with van der Waals surface area (Å²) in [5.41, 5.74) is 3.68. The van der Waals surface area contributed by atoms with Crippen molar-refractivity contribution in [3.63, 3.8) is 0 Å². The van der Waals surface area contributed by atoms with Crippen LogP contribution in [-0.2, 0) is 0 Å². The van der Waals surface area contributed by atoms with Gasteiger partial charge in [-0.2, -0.15) is 0 Å². The molecule has 0 bridgehead atoms. The first kappa shape index (κ1) is 14.9. The van der Waals surface area contributed by atoms with Gasteiger partial charge in [-0.25, -0.2) is 9.97 Å². The van der Waals surface area contributed by atoms with Gasteiger partial charge in [0.1, 0.15) is 18.9 Å². The van der Waals surface area contributed by atoms with Crippen molar-refractivity contribution in [2.45, 2.75) is 13.8 Å². The lowest BCUT2D eigenvalue weighted by atomic mass is 10.1. The Hall–Kier alpha value is -2.62. The number of aromatic amines is 1. The maximum absolute atomic E-state index is 4.96. The van der Waals surface area contributed by atoms with Crippen LogP contribution in [0.3, 0.4) is 0 Å². The Morgan fingerprint density at radius 3 is 2.42 bits per heavy atom. The number of H-pyrrole nitrogens is 1. The fourth-order valence-electron chi connectivity index (χ4n) is 3.46. The zero-order valence-electron chi connectivity index (χ0n) is 14.3. The molecule has 1 saturated heterocycles. The highest BCUT2D eigenvalue weighted by atomic mass is 15.3. The van der Waals surface area contributed by atoms with Crippen LogP contribution in [0.4, 0.5) is 11.6 Å². The smallest absolute Gasteiger partial charge is 0.274 e. The summed E-state index contributed by atoms with van der Waals surface area (Å²) in [6.07, 6.45) is 1.98. The number of aromatic nitrogens is 2. The second-order valence-corrected chi connectivity index (χ2v) is 6.49. The highest BCUT2D eigenvalue weighted by Crippen LogP contribution is 2.25. The quantitative estimate of drug-likeness (QED) is 0.728. The molecule has 0 aliphatic carbocycles. The minimum absolute atomic E-state index is 0.993. The Balaban J connectivity index is 1.58. The number of aryl methyl sites for hydroxylation is 2. The number of para-hydroxylation sites is 1. The van der Waals surface area contributed by atoms with Crippen molar-refractivity contribution in [2.24, 2.45) is 0 Å². The molecule has 0 atom stereocenters. The zero-order chi connectivity index (χ0) is 16.5. The molecular weight excluding hydrogens is 296 g/mol. The average molecular weight is 319 g/mol. The van der Waals surface area contributed by atoms with Crippen molar-refractivity contribution in [3.8, 4) is 0 Å². The SMILES string of the molecule is Cc1cc(N2CCN(c3cccc[nH+]3)CC2)nc2c(C)cccc12. The lowest BCUT2D eigenvalue weighted by Crippen LogP contribution is -2.48. The summed E-state index contributed by atoms with van der Waals surface area (Å²) in [5.74, 6) is 2.29. The van der Waals surface area contributed by atoms with Gasteiger partial charge in [0, 0.05) is 11.5 Å². The maximum atomic E-state index is 4.96. The Morgan fingerprint density at radius 2 is 1.67 bits per heavy atom. The summed E-state index contributed by atoms with van der Waals surface area (Å²) in [6, 6.07) is 14.9. The minimum atomic E-state index is 0.993. The van der Waals surface area contributed by atoms with E-state index in [2.05, 4.69) is 65.0 Å². The van der Waals surface area contributed by atoms with E-state index in [1.165, 1.54) is 22.3 Å². The first-order valence-electron chi connectivity index (χ1n) is 8.56. The molecule has 4 heteroatoms. The van der Waals surface area contributed by atoms with Crippen LogP contribution in [0.15, 0.2) is 48.7 Å². The number of hydrogen-bond acceptors (Lipinski definition) is 3. The van der Waals surface area contributed by atoms with E-state index in [0.717, 1.165) is 37.5 Å². The van der Waals surface area contributed by atoms with Gasteiger partial charge in [0.05, 0.1) is 24.8 Å². The molecule has 4 nitrogen and oxygen atoms in total. The number of pyridine rings is 2. The first-order chi connectivity index (χ1) is 11.7. The predicted molar refractivity (Wildman–Crippen MR) is 98.6 cm³/mol. The molecule has 1 aliphatic rings. The van der Waals surface area contributed by atoms with Crippen LogP contribution >= 0.6 is 0 Å². The summed E-state index contributed by atoms with van der Waals surface area (Å²) in [7, 11) is 0. The predicted octanol–water partition coefficient (Wildman–Crippen LogP) is 2.99. The first-order valence-corrected chi connectivity index (χ1v) is 8.56. The third-order valence-electron chi connectivity index (χ3n) is 4.87. The van der Waals surface area contributed by atoms with Gasteiger partial charge < -0.3 is 4.90 Å². The van der Waals surface area contributed by atoms with E-state index in [4.69, 9.17) is 4.98 Å². The molecule has 0 radical (unpaired) electrons. The Labute approximate surface area is 142 Å². The maximum Gasteiger partial charge on any atom is 0.274 e. The standard InChI is InChI=1S/C20H22N4/c1-15-6-5-7-17-16(2)14-19(22-20(15)17)24-12-10-23(11-13-24)18-8-3-4-9-21-18/h3-9,14H,10-13H2,1-2H3/p+1. The van der Waals surface area contributed by atoms with Crippen molar-refractivity contribution < 1.29 is 4.98 Å². The van der Waals surface area contributed by atoms with Crippen LogP contribution in [0.1, 0.15) is 11.1 Å². The molecule has 0 unspecified atom stereocenters. The van der Waals surface area contributed by atoms with Gasteiger partial charge in [-0.3, -0.25) is 4.90 Å². The van der Waals surface area contributed by atoms with Crippen LogP contribution in [0.5, 0.6) is 0 Å². The molecule has 1 aromatic carbocycles. The fourth-order valence-corrected chi connectivity index (χ4v) is 3.46. The van der Waals surface area contributed by atoms with Gasteiger partial charge >= 0.3 is 0 Å². The summed E-state index contributed by atoms with van der Waals surface area (Å²) in [4.78, 5) is 13.1. The normalized spacial score (nSPS) is 15.1. The third kappa shape index (κ3) is 2.68. The number of nitrogens with zero attached hydrogens (tertiary/aromatic N) is 3. The third-order valence-corrected chi connectivity index (χ3v) is 4.87. The van der Waals surface area contributed by atoms with Crippen molar-refractivity contribution in [2.75, 3.05) is 36.0 Å². The topological polar surface area (TPSA) is 33.5 Å². The van der Waals surface area contributed by atoms with Gasteiger partial charge in [-0.05, 0) is 37.1 Å². The lowest BCUT2D eigenvalue weighted by Gasteiger charge is -2.32. The van der Waals surface area contributed by atoms with E-state index in [9.17, 15) is 0 Å². The molecule has 1 aliphatic heterocycles. The van der Waals surface area contributed by atoms with Gasteiger partial charge in [0.15, 0.2) is 0 Å². The molecule has 1 N–H and O–H groups in total. The molecule has 1 fully saturated rings. The average Bonchev–Trinajstić information content (AvgIpc) is 2.63. The van der Waals surface area contributed by atoms with Crippen LogP contribution in [0, 0.1) is 13.8 Å². The number of anilines is 2. The fraction of sp³-hybridized carbons (Fsp3) is 0.300. The van der Waals surface area contributed by atoms with E-state index >= 15 is 0 Å². The van der Waals surface area contributed by atoms with E-state index in [1.54, 1.807) is 0 Å². The van der Waals surface area contributed by atoms with Gasteiger partial charge in [0.25, 0.3) is 5.82 Å². The number of rotatable bonds is 2. The number of fused-ring (bicyclic) bond motifs is 1. The van der Waals surface area contributed by atoms with E-state index in [1.807, 2.05) is 12.3 Å². The zero-order valence-corrected chi connectivity index (χ0v) is 14.3. The second kappa shape index (κ2) is 6.11. The lowest BCUT2D eigenvalue weighted by molar-refractivity contribution is -0.364. The molecular formula is C20H23N4+. The van der Waals surface area contributed by atoms with Crippen LogP contribution in [0.25, 0.3) is 10.9 Å². The molecule has 3 heterocycles.